The van der Waals surface area contributed by atoms with Gasteiger partial charge in [-0.1, -0.05) is 12.1 Å². The molecule has 0 aliphatic carbocycles. The van der Waals surface area contributed by atoms with E-state index in [1.165, 1.54) is 17.2 Å². The molecule has 1 aromatic rings. The lowest BCUT2D eigenvalue weighted by atomic mass is 9.96. The lowest BCUT2D eigenvalue weighted by Crippen LogP contribution is -2.45. The van der Waals surface area contributed by atoms with Crippen LogP contribution in [0.3, 0.4) is 0 Å². The van der Waals surface area contributed by atoms with Gasteiger partial charge in [0.25, 0.3) is 5.91 Å². The average Bonchev–Trinajstić information content (AvgIpc) is 3.03. The molecule has 0 aromatic heterocycles. The summed E-state index contributed by atoms with van der Waals surface area (Å²) in [6.07, 6.45) is 1.75. The van der Waals surface area contributed by atoms with Gasteiger partial charge in [-0.2, -0.15) is 0 Å². The third-order valence-electron chi connectivity index (χ3n) is 4.11. The van der Waals surface area contributed by atoms with Crippen molar-refractivity contribution >= 4 is 11.8 Å². The van der Waals surface area contributed by atoms with E-state index >= 15 is 0 Å². The standard InChI is InChI=1S/C16H19FN2O3/c17-14-4-1-3-12(9-14)10-18-11-13(5-6-15(18)20)16(21)19-7-2-8-22-19/h1,3-4,9,13H,2,5-8,10-11H2. The second-order valence-electron chi connectivity index (χ2n) is 5.77. The number of halogens is 1. The van der Waals surface area contributed by atoms with Crippen molar-refractivity contribution in [3.63, 3.8) is 0 Å². The minimum atomic E-state index is -0.319. The Labute approximate surface area is 128 Å². The van der Waals surface area contributed by atoms with Gasteiger partial charge in [-0.3, -0.25) is 14.4 Å². The molecule has 0 bridgehead atoms. The number of hydrogen-bond acceptors (Lipinski definition) is 3. The number of hydrogen-bond donors (Lipinski definition) is 0. The van der Waals surface area contributed by atoms with Gasteiger partial charge in [-0.15, -0.1) is 0 Å². The number of likely N-dealkylation sites (tertiary alicyclic amines) is 1. The normalized spacial score (nSPS) is 22.2. The number of carbonyl (C=O) groups excluding carboxylic acids is 2. The molecule has 1 aromatic carbocycles. The molecule has 2 amide bonds. The Morgan fingerprint density at radius 1 is 1.41 bits per heavy atom. The third kappa shape index (κ3) is 3.27. The van der Waals surface area contributed by atoms with Gasteiger partial charge in [0, 0.05) is 19.5 Å². The molecule has 118 valence electrons. The van der Waals surface area contributed by atoms with E-state index in [1.54, 1.807) is 17.0 Å². The van der Waals surface area contributed by atoms with Crippen LogP contribution in [0, 0.1) is 11.7 Å². The van der Waals surface area contributed by atoms with Gasteiger partial charge in [0.1, 0.15) is 5.82 Å². The van der Waals surface area contributed by atoms with Crippen LogP contribution in [0.1, 0.15) is 24.8 Å². The quantitative estimate of drug-likeness (QED) is 0.854. The van der Waals surface area contributed by atoms with Crippen molar-refractivity contribution in [2.45, 2.75) is 25.8 Å². The van der Waals surface area contributed by atoms with Crippen LogP contribution in [0.15, 0.2) is 24.3 Å². The monoisotopic (exact) mass is 306 g/mol. The molecule has 5 nitrogen and oxygen atoms in total. The number of amides is 2. The largest absolute Gasteiger partial charge is 0.338 e. The first-order valence-electron chi connectivity index (χ1n) is 7.60. The second-order valence-corrected chi connectivity index (χ2v) is 5.77. The number of hydroxylamine groups is 2. The zero-order valence-corrected chi connectivity index (χ0v) is 12.3. The Hall–Kier alpha value is -1.95. The van der Waals surface area contributed by atoms with Gasteiger partial charge in [0.15, 0.2) is 0 Å². The predicted octanol–water partition coefficient (Wildman–Crippen LogP) is 1.73. The Morgan fingerprint density at radius 2 is 2.27 bits per heavy atom. The highest BCUT2D eigenvalue weighted by Crippen LogP contribution is 2.23. The lowest BCUT2D eigenvalue weighted by Gasteiger charge is -2.33. The third-order valence-corrected chi connectivity index (χ3v) is 4.11. The molecule has 1 atom stereocenters. The van der Waals surface area contributed by atoms with Crippen LogP contribution in [-0.4, -0.2) is 41.5 Å². The molecule has 1 unspecified atom stereocenters. The van der Waals surface area contributed by atoms with Gasteiger partial charge in [0.05, 0.1) is 19.1 Å². The smallest absolute Gasteiger partial charge is 0.251 e. The Bertz CT molecular complexity index is 572. The summed E-state index contributed by atoms with van der Waals surface area (Å²) in [7, 11) is 0. The van der Waals surface area contributed by atoms with Crippen LogP contribution in [-0.2, 0) is 21.0 Å². The molecule has 2 heterocycles. The molecule has 0 spiro atoms. The first-order chi connectivity index (χ1) is 10.6. The van der Waals surface area contributed by atoms with E-state index < -0.39 is 0 Å². The average molecular weight is 306 g/mol. The summed E-state index contributed by atoms with van der Waals surface area (Å²) in [6.45, 7) is 1.90. The van der Waals surface area contributed by atoms with E-state index in [0.717, 1.165) is 12.0 Å². The predicted molar refractivity (Wildman–Crippen MR) is 76.8 cm³/mol. The fourth-order valence-corrected chi connectivity index (χ4v) is 2.95. The molecule has 0 N–H and O–H groups in total. The van der Waals surface area contributed by atoms with Gasteiger partial charge in [0.2, 0.25) is 5.91 Å². The van der Waals surface area contributed by atoms with Crippen LogP contribution in [0.25, 0.3) is 0 Å². The SMILES string of the molecule is O=C1CCC(C(=O)N2CCCO2)CN1Cc1cccc(F)c1. The van der Waals surface area contributed by atoms with Crippen molar-refractivity contribution in [2.24, 2.45) is 5.92 Å². The zero-order valence-electron chi connectivity index (χ0n) is 12.3. The van der Waals surface area contributed by atoms with Crippen LogP contribution in [0.5, 0.6) is 0 Å². The Kier molecular flexibility index (Phi) is 4.38. The minimum Gasteiger partial charge on any atom is -0.338 e. The second kappa shape index (κ2) is 6.44. The van der Waals surface area contributed by atoms with Crippen molar-refractivity contribution < 1.29 is 18.8 Å². The summed E-state index contributed by atoms with van der Waals surface area (Å²) < 4.78 is 13.2. The van der Waals surface area contributed by atoms with E-state index in [9.17, 15) is 14.0 Å². The van der Waals surface area contributed by atoms with Crippen molar-refractivity contribution in [2.75, 3.05) is 19.7 Å². The number of piperidine rings is 1. The molecule has 2 fully saturated rings. The first kappa shape index (κ1) is 15.0. The summed E-state index contributed by atoms with van der Waals surface area (Å²) in [6, 6.07) is 6.20. The summed E-state index contributed by atoms with van der Waals surface area (Å²) in [5, 5.41) is 1.42. The van der Waals surface area contributed by atoms with Gasteiger partial charge < -0.3 is 4.90 Å². The van der Waals surface area contributed by atoms with E-state index in [1.807, 2.05) is 0 Å². The maximum atomic E-state index is 13.2. The number of benzene rings is 1. The van der Waals surface area contributed by atoms with Crippen LogP contribution in [0.4, 0.5) is 4.39 Å². The summed E-state index contributed by atoms with van der Waals surface area (Å²) in [5.41, 5.74) is 0.735. The van der Waals surface area contributed by atoms with Crippen LogP contribution < -0.4 is 0 Å². The molecular formula is C16H19FN2O3. The van der Waals surface area contributed by atoms with Gasteiger partial charge in [-0.25, -0.2) is 9.45 Å². The Balaban J connectivity index is 1.65. The van der Waals surface area contributed by atoms with Crippen molar-refractivity contribution in [3.8, 4) is 0 Å². The van der Waals surface area contributed by atoms with E-state index in [-0.39, 0.29) is 23.5 Å². The molecule has 2 aliphatic rings. The van der Waals surface area contributed by atoms with Gasteiger partial charge >= 0.3 is 0 Å². The fraction of sp³-hybridized carbons (Fsp3) is 0.500. The van der Waals surface area contributed by atoms with E-state index in [4.69, 9.17) is 4.84 Å². The van der Waals surface area contributed by atoms with Crippen molar-refractivity contribution in [1.29, 1.82) is 0 Å². The highest BCUT2D eigenvalue weighted by Gasteiger charge is 2.34. The molecule has 0 radical (unpaired) electrons. The molecule has 3 rings (SSSR count). The molecule has 2 aliphatic heterocycles. The highest BCUT2D eigenvalue weighted by molar-refractivity contribution is 5.83. The van der Waals surface area contributed by atoms with E-state index in [0.29, 0.717) is 39.1 Å². The highest BCUT2D eigenvalue weighted by atomic mass is 19.1. The van der Waals surface area contributed by atoms with Gasteiger partial charge in [-0.05, 0) is 30.5 Å². The van der Waals surface area contributed by atoms with E-state index in [2.05, 4.69) is 0 Å². The number of rotatable bonds is 3. The summed E-state index contributed by atoms with van der Waals surface area (Å²) in [4.78, 5) is 31.3. The van der Waals surface area contributed by atoms with Crippen LogP contribution in [0.2, 0.25) is 0 Å². The Morgan fingerprint density at radius 3 is 3.00 bits per heavy atom. The first-order valence-corrected chi connectivity index (χ1v) is 7.60. The zero-order chi connectivity index (χ0) is 15.5. The number of carbonyl (C=O) groups is 2. The van der Waals surface area contributed by atoms with Crippen molar-refractivity contribution in [3.05, 3.63) is 35.6 Å². The molecule has 6 heteroatoms. The topological polar surface area (TPSA) is 49.9 Å². The molecular weight excluding hydrogens is 287 g/mol. The molecule has 0 saturated carbocycles. The maximum Gasteiger partial charge on any atom is 0.251 e. The van der Waals surface area contributed by atoms with Crippen molar-refractivity contribution in [1.82, 2.24) is 9.96 Å². The molecule has 22 heavy (non-hydrogen) atoms. The molecule has 2 saturated heterocycles. The maximum absolute atomic E-state index is 13.2. The fourth-order valence-electron chi connectivity index (χ4n) is 2.95. The van der Waals surface area contributed by atoms with Crippen LogP contribution >= 0.6 is 0 Å². The summed E-state index contributed by atoms with van der Waals surface area (Å²) >= 11 is 0. The summed E-state index contributed by atoms with van der Waals surface area (Å²) in [5.74, 6) is -0.589. The lowest BCUT2D eigenvalue weighted by molar-refractivity contribution is -0.175. The minimum absolute atomic E-state index is 0.00986. The number of nitrogens with zero attached hydrogens (tertiary/aromatic N) is 2.